The summed E-state index contributed by atoms with van der Waals surface area (Å²) in [4.78, 5) is 3.78. The number of hydrogen-bond acceptors (Lipinski definition) is 5. The summed E-state index contributed by atoms with van der Waals surface area (Å²) < 4.78 is 26.1. The zero-order valence-corrected chi connectivity index (χ0v) is 11.6. The molecule has 0 aliphatic heterocycles. The van der Waals surface area contributed by atoms with Gasteiger partial charge in [-0.1, -0.05) is 13.8 Å². The van der Waals surface area contributed by atoms with Crippen molar-refractivity contribution in [1.82, 2.24) is 9.71 Å². The van der Waals surface area contributed by atoms with Crippen molar-refractivity contribution >= 4 is 21.4 Å². The van der Waals surface area contributed by atoms with Crippen LogP contribution in [0.4, 0.5) is 0 Å². The molecule has 0 atom stereocenters. The zero-order chi connectivity index (χ0) is 12.9. The van der Waals surface area contributed by atoms with Crippen LogP contribution < -0.4 is 4.72 Å². The third-order valence-corrected chi connectivity index (χ3v) is 4.47. The highest BCUT2D eigenvalue weighted by Crippen LogP contribution is 2.21. The summed E-state index contributed by atoms with van der Waals surface area (Å²) in [5, 5.41) is 10.3. The van der Waals surface area contributed by atoms with Gasteiger partial charge in [0.2, 0.25) is 0 Å². The molecular formula is C10H18N2O3S2. The average Bonchev–Trinajstić information content (AvgIpc) is 2.78. The second-order valence-corrected chi connectivity index (χ2v) is 7.08. The molecular weight excluding hydrogens is 260 g/mol. The van der Waals surface area contributed by atoms with Gasteiger partial charge in [-0.2, -0.15) is 0 Å². The van der Waals surface area contributed by atoms with E-state index in [1.54, 1.807) is 0 Å². The molecule has 0 unspecified atom stereocenters. The van der Waals surface area contributed by atoms with Crippen molar-refractivity contribution in [2.75, 3.05) is 13.2 Å². The lowest BCUT2D eigenvalue weighted by Gasteiger charge is -2.24. The first-order chi connectivity index (χ1) is 7.87. The van der Waals surface area contributed by atoms with Crippen LogP contribution in [-0.4, -0.2) is 31.7 Å². The van der Waals surface area contributed by atoms with E-state index in [0.29, 0.717) is 13.0 Å². The van der Waals surface area contributed by atoms with Gasteiger partial charge in [-0.05, 0) is 18.3 Å². The Morgan fingerprint density at radius 2 is 2.24 bits per heavy atom. The number of aromatic nitrogens is 1. The van der Waals surface area contributed by atoms with Gasteiger partial charge in [0, 0.05) is 18.5 Å². The predicted octanol–water partition coefficient (Wildman–Crippen LogP) is 1.22. The number of sulfonamides is 1. The van der Waals surface area contributed by atoms with Crippen LogP contribution >= 0.6 is 11.3 Å². The molecule has 0 fully saturated rings. The summed E-state index contributed by atoms with van der Waals surface area (Å²) in [6.45, 7) is 4.40. The fourth-order valence-corrected chi connectivity index (χ4v) is 3.42. The van der Waals surface area contributed by atoms with E-state index >= 15 is 0 Å². The van der Waals surface area contributed by atoms with Gasteiger partial charge in [-0.3, -0.25) is 0 Å². The van der Waals surface area contributed by atoms with Gasteiger partial charge in [0.25, 0.3) is 10.0 Å². The van der Waals surface area contributed by atoms with Gasteiger partial charge >= 0.3 is 0 Å². The number of rotatable bonds is 7. The third-order valence-electron chi connectivity index (χ3n) is 2.44. The van der Waals surface area contributed by atoms with Gasteiger partial charge in [0.05, 0.1) is 5.51 Å². The van der Waals surface area contributed by atoms with Crippen LogP contribution in [0.5, 0.6) is 0 Å². The quantitative estimate of drug-likeness (QED) is 0.786. The van der Waals surface area contributed by atoms with Crippen molar-refractivity contribution in [3.8, 4) is 0 Å². The number of aliphatic hydroxyl groups excluding tert-OH is 1. The Morgan fingerprint density at radius 3 is 2.76 bits per heavy atom. The fraction of sp³-hybridized carbons (Fsp3) is 0.700. The molecule has 0 spiro atoms. The molecule has 0 bridgehead atoms. The fourth-order valence-electron chi connectivity index (χ4n) is 1.34. The lowest BCUT2D eigenvalue weighted by atomic mass is 9.88. The second-order valence-electron chi connectivity index (χ2n) is 4.64. The van der Waals surface area contributed by atoms with Crippen LogP contribution in [-0.2, 0) is 10.0 Å². The molecule has 7 heteroatoms. The van der Waals surface area contributed by atoms with Crippen LogP contribution in [0.15, 0.2) is 15.9 Å². The molecule has 0 aliphatic carbocycles. The molecule has 0 saturated heterocycles. The maximum Gasteiger partial charge on any atom is 0.258 e. The standard InChI is InChI=1S/C10H18N2O3S2/c1-10(2,4-3-5-13)7-12-17(14,15)9-6-16-8-11-9/h6,8,12-13H,3-5,7H2,1-2H3. The molecule has 0 aliphatic rings. The molecule has 1 rings (SSSR count). The van der Waals surface area contributed by atoms with E-state index in [9.17, 15) is 8.42 Å². The molecule has 1 heterocycles. The Balaban J connectivity index is 2.56. The first-order valence-electron chi connectivity index (χ1n) is 5.36. The smallest absolute Gasteiger partial charge is 0.258 e. The van der Waals surface area contributed by atoms with Gasteiger partial charge in [-0.15, -0.1) is 11.3 Å². The number of nitrogens with zero attached hydrogens (tertiary/aromatic N) is 1. The molecule has 0 radical (unpaired) electrons. The molecule has 17 heavy (non-hydrogen) atoms. The lowest BCUT2D eigenvalue weighted by Crippen LogP contribution is -2.34. The summed E-state index contributed by atoms with van der Waals surface area (Å²) in [6.07, 6.45) is 1.44. The maximum absolute atomic E-state index is 11.8. The normalized spacial score (nSPS) is 12.9. The second kappa shape index (κ2) is 5.90. The minimum absolute atomic E-state index is 0.0699. The van der Waals surface area contributed by atoms with Crippen LogP contribution in [0.2, 0.25) is 0 Å². The monoisotopic (exact) mass is 278 g/mol. The molecule has 98 valence electrons. The zero-order valence-electron chi connectivity index (χ0n) is 10.0. The Bertz CT molecular complexity index is 426. The summed E-state index contributed by atoms with van der Waals surface area (Å²) >= 11 is 1.25. The first-order valence-corrected chi connectivity index (χ1v) is 7.79. The summed E-state index contributed by atoms with van der Waals surface area (Å²) in [7, 11) is -3.49. The Kier molecular flexibility index (Phi) is 5.05. The Hall–Kier alpha value is -0.500. The van der Waals surface area contributed by atoms with Crippen molar-refractivity contribution in [1.29, 1.82) is 0 Å². The van der Waals surface area contributed by atoms with E-state index < -0.39 is 10.0 Å². The molecule has 2 N–H and O–H groups in total. The van der Waals surface area contributed by atoms with E-state index in [0.717, 1.165) is 6.42 Å². The van der Waals surface area contributed by atoms with Crippen molar-refractivity contribution in [2.24, 2.45) is 5.41 Å². The average molecular weight is 278 g/mol. The highest BCUT2D eigenvalue weighted by atomic mass is 32.2. The van der Waals surface area contributed by atoms with E-state index in [1.165, 1.54) is 22.2 Å². The van der Waals surface area contributed by atoms with E-state index in [4.69, 9.17) is 5.11 Å². The summed E-state index contributed by atoms with van der Waals surface area (Å²) in [6, 6.07) is 0. The lowest BCUT2D eigenvalue weighted by molar-refractivity contribution is 0.242. The SMILES string of the molecule is CC(C)(CCCO)CNS(=O)(=O)c1cscn1. The predicted molar refractivity (Wildman–Crippen MR) is 67.4 cm³/mol. The van der Waals surface area contributed by atoms with Crippen LogP contribution in [0.3, 0.4) is 0 Å². The third kappa shape index (κ3) is 4.71. The summed E-state index contributed by atoms with van der Waals surface area (Å²) in [5.74, 6) is 0. The number of thiazole rings is 1. The van der Waals surface area contributed by atoms with Crippen molar-refractivity contribution in [3.05, 3.63) is 10.9 Å². The molecule has 5 nitrogen and oxygen atoms in total. The largest absolute Gasteiger partial charge is 0.396 e. The van der Waals surface area contributed by atoms with E-state index in [2.05, 4.69) is 9.71 Å². The van der Waals surface area contributed by atoms with E-state index in [1.807, 2.05) is 13.8 Å². The van der Waals surface area contributed by atoms with Crippen LogP contribution in [0, 0.1) is 5.41 Å². The maximum atomic E-state index is 11.8. The minimum Gasteiger partial charge on any atom is -0.396 e. The number of aliphatic hydroxyl groups is 1. The van der Waals surface area contributed by atoms with Gasteiger partial charge in [0.15, 0.2) is 5.03 Å². The topological polar surface area (TPSA) is 79.3 Å². The number of nitrogens with one attached hydrogen (secondary N) is 1. The van der Waals surface area contributed by atoms with Crippen LogP contribution in [0.25, 0.3) is 0 Å². The Morgan fingerprint density at radius 1 is 1.53 bits per heavy atom. The molecule has 1 aromatic rings. The molecule has 0 aromatic carbocycles. The van der Waals surface area contributed by atoms with Gasteiger partial charge < -0.3 is 5.11 Å². The molecule has 0 amide bonds. The van der Waals surface area contributed by atoms with E-state index in [-0.39, 0.29) is 17.0 Å². The molecule has 1 aromatic heterocycles. The van der Waals surface area contributed by atoms with Crippen molar-refractivity contribution < 1.29 is 13.5 Å². The van der Waals surface area contributed by atoms with Crippen molar-refractivity contribution in [3.63, 3.8) is 0 Å². The number of hydrogen-bond donors (Lipinski definition) is 2. The highest BCUT2D eigenvalue weighted by molar-refractivity contribution is 7.89. The minimum atomic E-state index is -3.49. The van der Waals surface area contributed by atoms with Crippen molar-refractivity contribution in [2.45, 2.75) is 31.7 Å². The Labute approximate surface area is 106 Å². The highest BCUT2D eigenvalue weighted by Gasteiger charge is 2.22. The summed E-state index contributed by atoms with van der Waals surface area (Å²) in [5.41, 5.74) is 1.32. The van der Waals surface area contributed by atoms with Crippen LogP contribution in [0.1, 0.15) is 26.7 Å². The first kappa shape index (κ1) is 14.6. The molecule has 0 saturated carbocycles. The van der Waals surface area contributed by atoms with Gasteiger partial charge in [-0.25, -0.2) is 18.1 Å². The van der Waals surface area contributed by atoms with Gasteiger partial charge in [0.1, 0.15) is 0 Å².